The Morgan fingerprint density at radius 2 is 2.20 bits per heavy atom. The average molecular weight is 275 g/mol. The van der Waals surface area contributed by atoms with Crippen LogP contribution in [-0.2, 0) is 9.53 Å². The van der Waals surface area contributed by atoms with Gasteiger partial charge in [-0.3, -0.25) is 4.79 Å². The summed E-state index contributed by atoms with van der Waals surface area (Å²) in [5, 5.41) is 11.8. The molecule has 0 aliphatic carbocycles. The fraction of sp³-hybridized carbons (Fsp3) is 0.286. The molecule has 1 heterocycles. The van der Waals surface area contributed by atoms with E-state index in [1.807, 2.05) is 6.07 Å². The molecule has 0 bridgehead atoms. The van der Waals surface area contributed by atoms with Crippen LogP contribution in [0, 0.1) is 17.1 Å². The van der Waals surface area contributed by atoms with Gasteiger partial charge in [0.1, 0.15) is 17.5 Å². The number of hydrogen-bond acceptors (Lipinski definition) is 4. The molecule has 6 heteroatoms. The molecule has 1 aromatic rings. The number of anilines is 1. The Hall–Kier alpha value is -2.39. The minimum absolute atomic E-state index is 0.0174. The van der Waals surface area contributed by atoms with Crippen molar-refractivity contribution < 1.29 is 13.9 Å². The summed E-state index contributed by atoms with van der Waals surface area (Å²) in [5.41, 5.74) is 0.462. The first-order valence-electron chi connectivity index (χ1n) is 6.20. The maximum atomic E-state index is 13.0. The van der Waals surface area contributed by atoms with Gasteiger partial charge in [0, 0.05) is 25.0 Å². The Balaban J connectivity index is 2.05. The number of nitriles is 1. The van der Waals surface area contributed by atoms with Gasteiger partial charge in [-0.05, 0) is 18.2 Å². The molecule has 20 heavy (non-hydrogen) atoms. The summed E-state index contributed by atoms with van der Waals surface area (Å²) in [6, 6.07) is 7.65. The molecule has 104 valence electrons. The number of carbonyl (C=O) groups is 1. The van der Waals surface area contributed by atoms with Gasteiger partial charge in [0.25, 0.3) is 5.91 Å². The number of nitrogens with zero attached hydrogens (tertiary/aromatic N) is 2. The molecule has 1 saturated heterocycles. The number of rotatable bonds is 3. The van der Waals surface area contributed by atoms with Crippen molar-refractivity contribution in [1.82, 2.24) is 4.90 Å². The van der Waals surface area contributed by atoms with Gasteiger partial charge in [-0.2, -0.15) is 5.26 Å². The summed E-state index contributed by atoms with van der Waals surface area (Å²) < 4.78 is 18.2. The molecular weight excluding hydrogens is 261 g/mol. The van der Waals surface area contributed by atoms with Crippen LogP contribution in [0.2, 0.25) is 0 Å². The number of amides is 1. The summed E-state index contributed by atoms with van der Waals surface area (Å²) in [4.78, 5) is 13.6. The molecule has 1 N–H and O–H groups in total. The summed E-state index contributed by atoms with van der Waals surface area (Å²) in [7, 11) is 0. The Morgan fingerprint density at radius 3 is 2.85 bits per heavy atom. The van der Waals surface area contributed by atoms with Gasteiger partial charge in [-0.15, -0.1) is 0 Å². The first-order valence-corrected chi connectivity index (χ1v) is 6.20. The van der Waals surface area contributed by atoms with Gasteiger partial charge < -0.3 is 15.0 Å². The second-order valence-corrected chi connectivity index (χ2v) is 4.23. The van der Waals surface area contributed by atoms with Crippen LogP contribution < -0.4 is 5.32 Å². The Bertz CT molecular complexity index is 560. The molecule has 5 nitrogen and oxygen atoms in total. The lowest BCUT2D eigenvalue weighted by atomic mass is 10.2. The van der Waals surface area contributed by atoms with Gasteiger partial charge in [0.15, 0.2) is 0 Å². The molecule has 1 aliphatic heterocycles. The van der Waals surface area contributed by atoms with Crippen LogP contribution in [0.5, 0.6) is 0 Å². The lowest BCUT2D eigenvalue weighted by Crippen LogP contribution is -2.41. The van der Waals surface area contributed by atoms with E-state index in [-0.39, 0.29) is 17.3 Å². The van der Waals surface area contributed by atoms with E-state index in [0.29, 0.717) is 32.0 Å². The van der Waals surface area contributed by atoms with E-state index in [1.54, 1.807) is 17.0 Å². The van der Waals surface area contributed by atoms with Crippen molar-refractivity contribution in [3.8, 4) is 6.07 Å². The number of carbonyl (C=O) groups excluding carboxylic acids is 1. The molecule has 1 aromatic carbocycles. The van der Waals surface area contributed by atoms with E-state index in [2.05, 4.69) is 5.32 Å². The van der Waals surface area contributed by atoms with E-state index in [1.165, 1.54) is 18.3 Å². The minimum Gasteiger partial charge on any atom is -0.378 e. The van der Waals surface area contributed by atoms with Crippen molar-refractivity contribution in [2.24, 2.45) is 0 Å². The predicted octanol–water partition coefficient (Wildman–Crippen LogP) is 1.50. The van der Waals surface area contributed by atoms with Gasteiger partial charge >= 0.3 is 0 Å². The summed E-state index contributed by atoms with van der Waals surface area (Å²) in [6.07, 6.45) is 1.30. The lowest BCUT2D eigenvalue weighted by molar-refractivity contribution is -0.130. The largest absolute Gasteiger partial charge is 0.378 e. The van der Waals surface area contributed by atoms with Crippen LogP contribution in [0.15, 0.2) is 36.0 Å². The van der Waals surface area contributed by atoms with Crippen molar-refractivity contribution in [1.29, 1.82) is 5.26 Å². The van der Waals surface area contributed by atoms with Crippen LogP contribution in [0.3, 0.4) is 0 Å². The fourth-order valence-electron chi connectivity index (χ4n) is 1.81. The van der Waals surface area contributed by atoms with Crippen molar-refractivity contribution in [2.45, 2.75) is 0 Å². The Morgan fingerprint density at radius 1 is 1.45 bits per heavy atom. The third kappa shape index (κ3) is 3.56. The van der Waals surface area contributed by atoms with Crippen molar-refractivity contribution >= 4 is 11.6 Å². The average Bonchev–Trinajstić information content (AvgIpc) is 2.48. The number of ether oxygens (including phenoxy) is 1. The first kappa shape index (κ1) is 14.0. The van der Waals surface area contributed by atoms with Crippen LogP contribution in [0.4, 0.5) is 10.1 Å². The van der Waals surface area contributed by atoms with Crippen LogP contribution in [0.1, 0.15) is 0 Å². The molecule has 0 unspecified atom stereocenters. The maximum absolute atomic E-state index is 13.0. The first-order chi connectivity index (χ1) is 9.70. The molecule has 0 atom stereocenters. The molecular formula is C14H14FN3O2. The maximum Gasteiger partial charge on any atom is 0.266 e. The summed E-state index contributed by atoms with van der Waals surface area (Å²) in [6.45, 7) is 1.89. The zero-order chi connectivity index (χ0) is 14.4. The molecule has 0 aromatic heterocycles. The smallest absolute Gasteiger partial charge is 0.266 e. The van der Waals surface area contributed by atoms with Crippen LogP contribution in [0.25, 0.3) is 0 Å². The molecule has 0 saturated carbocycles. The predicted molar refractivity (Wildman–Crippen MR) is 71.1 cm³/mol. The third-order valence-corrected chi connectivity index (χ3v) is 2.86. The normalized spacial score (nSPS) is 15.6. The highest BCUT2D eigenvalue weighted by molar-refractivity contribution is 5.97. The van der Waals surface area contributed by atoms with Crippen molar-refractivity contribution in [2.75, 3.05) is 31.6 Å². The molecule has 1 amide bonds. The van der Waals surface area contributed by atoms with Gasteiger partial charge in [-0.25, -0.2) is 4.39 Å². The molecule has 1 aliphatic rings. The Kier molecular flexibility index (Phi) is 4.69. The SMILES string of the molecule is N#C/C(=C/Nc1cccc(F)c1)C(=O)N1CCOCC1. The van der Waals surface area contributed by atoms with E-state index < -0.39 is 0 Å². The molecule has 0 spiro atoms. The zero-order valence-corrected chi connectivity index (χ0v) is 10.8. The van der Waals surface area contributed by atoms with E-state index in [0.717, 1.165) is 0 Å². The van der Waals surface area contributed by atoms with Gasteiger partial charge in [0.05, 0.1) is 13.2 Å². The second kappa shape index (κ2) is 6.68. The summed E-state index contributed by atoms with van der Waals surface area (Å²) >= 11 is 0. The number of halogens is 1. The van der Waals surface area contributed by atoms with Crippen molar-refractivity contribution in [3.63, 3.8) is 0 Å². The Labute approximate surface area is 116 Å². The number of morpholine rings is 1. The molecule has 0 radical (unpaired) electrons. The van der Waals surface area contributed by atoms with Crippen LogP contribution >= 0.6 is 0 Å². The van der Waals surface area contributed by atoms with E-state index in [9.17, 15) is 9.18 Å². The number of nitrogens with one attached hydrogen (secondary N) is 1. The fourth-order valence-corrected chi connectivity index (χ4v) is 1.81. The topological polar surface area (TPSA) is 65.4 Å². The van der Waals surface area contributed by atoms with E-state index >= 15 is 0 Å². The highest BCUT2D eigenvalue weighted by Gasteiger charge is 2.20. The van der Waals surface area contributed by atoms with E-state index in [4.69, 9.17) is 10.00 Å². The zero-order valence-electron chi connectivity index (χ0n) is 10.8. The lowest BCUT2D eigenvalue weighted by Gasteiger charge is -2.26. The van der Waals surface area contributed by atoms with Crippen LogP contribution in [-0.4, -0.2) is 37.1 Å². The van der Waals surface area contributed by atoms with Gasteiger partial charge in [-0.1, -0.05) is 6.07 Å². The summed E-state index contributed by atoms with van der Waals surface area (Å²) in [5.74, 6) is -0.735. The van der Waals surface area contributed by atoms with Crippen molar-refractivity contribution in [3.05, 3.63) is 41.9 Å². The highest BCUT2D eigenvalue weighted by Crippen LogP contribution is 2.11. The molecule has 2 rings (SSSR count). The highest BCUT2D eigenvalue weighted by atomic mass is 19.1. The monoisotopic (exact) mass is 275 g/mol. The third-order valence-electron chi connectivity index (χ3n) is 2.86. The molecule has 1 fully saturated rings. The number of hydrogen-bond donors (Lipinski definition) is 1. The quantitative estimate of drug-likeness (QED) is 0.670. The van der Waals surface area contributed by atoms with Gasteiger partial charge in [0.2, 0.25) is 0 Å². The standard InChI is InChI=1S/C14H14FN3O2/c15-12-2-1-3-13(8-12)17-10-11(9-16)14(19)18-4-6-20-7-5-18/h1-3,8,10,17H,4-7H2/b11-10-. The minimum atomic E-state index is -0.388. The number of benzene rings is 1. The second-order valence-electron chi connectivity index (χ2n) is 4.23.